The summed E-state index contributed by atoms with van der Waals surface area (Å²) in [5.74, 6) is -0.109. The summed E-state index contributed by atoms with van der Waals surface area (Å²) < 4.78 is 4.92. The van der Waals surface area contributed by atoms with Gasteiger partial charge in [-0.15, -0.1) is 0 Å². The number of benzene rings is 1. The first-order valence-corrected chi connectivity index (χ1v) is 6.55. The Hall–Kier alpha value is -1.35. The van der Waals surface area contributed by atoms with Gasteiger partial charge >= 0.3 is 5.97 Å². The average Bonchev–Trinajstić information content (AvgIpc) is 2.80. The summed E-state index contributed by atoms with van der Waals surface area (Å²) in [6.07, 6.45) is 1.95. The van der Waals surface area contributed by atoms with Gasteiger partial charge in [0.05, 0.1) is 7.11 Å². The van der Waals surface area contributed by atoms with Crippen molar-refractivity contribution in [2.24, 2.45) is 0 Å². The highest BCUT2D eigenvalue weighted by Crippen LogP contribution is 2.33. The molecule has 98 valence electrons. The number of ether oxygens (including phenoxy) is 1. The molecule has 1 aliphatic rings. The molecule has 0 aromatic heterocycles. The molecule has 18 heavy (non-hydrogen) atoms. The SMILES string of the molecule is COC(=O)[C@@H]1CC[C@@H](C)N1[C@@H](C)c1ccccc1. The largest absolute Gasteiger partial charge is 0.468 e. The fourth-order valence-electron chi connectivity index (χ4n) is 2.94. The van der Waals surface area contributed by atoms with Crippen LogP contribution in [0.25, 0.3) is 0 Å². The molecule has 0 radical (unpaired) electrons. The Morgan fingerprint density at radius 2 is 2.00 bits per heavy atom. The minimum absolute atomic E-state index is 0.0970. The first-order chi connectivity index (χ1) is 8.65. The van der Waals surface area contributed by atoms with Crippen LogP contribution in [0.4, 0.5) is 0 Å². The highest BCUT2D eigenvalue weighted by Gasteiger charge is 2.39. The summed E-state index contributed by atoms with van der Waals surface area (Å²) in [7, 11) is 1.47. The summed E-state index contributed by atoms with van der Waals surface area (Å²) in [4.78, 5) is 14.1. The van der Waals surface area contributed by atoms with E-state index < -0.39 is 0 Å². The predicted molar refractivity (Wildman–Crippen MR) is 71.2 cm³/mol. The normalized spacial score (nSPS) is 25.9. The minimum Gasteiger partial charge on any atom is -0.468 e. The van der Waals surface area contributed by atoms with Gasteiger partial charge in [0.1, 0.15) is 6.04 Å². The van der Waals surface area contributed by atoms with Gasteiger partial charge in [0, 0.05) is 12.1 Å². The zero-order chi connectivity index (χ0) is 13.1. The molecule has 2 rings (SSSR count). The second-order valence-corrected chi connectivity index (χ2v) is 5.00. The van der Waals surface area contributed by atoms with Crippen LogP contribution in [0.1, 0.15) is 38.3 Å². The van der Waals surface area contributed by atoms with Crippen molar-refractivity contribution in [1.82, 2.24) is 4.90 Å². The van der Waals surface area contributed by atoms with Crippen LogP contribution in [-0.4, -0.2) is 30.1 Å². The highest BCUT2D eigenvalue weighted by atomic mass is 16.5. The third-order valence-electron chi connectivity index (χ3n) is 3.93. The number of methoxy groups -OCH3 is 1. The molecule has 1 saturated heterocycles. The Morgan fingerprint density at radius 1 is 1.33 bits per heavy atom. The zero-order valence-electron chi connectivity index (χ0n) is 11.3. The topological polar surface area (TPSA) is 29.5 Å². The molecule has 3 nitrogen and oxygen atoms in total. The van der Waals surface area contributed by atoms with E-state index in [0.717, 1.165) is 12.8 Å². The summed E-state index contributed by atoms with van der Waals surface area (Å²) in [6, 6.07) is 10.9. The van der Waals surface area contributed by atoms with Crippen LogP contribution in [0.3, 0.4) is 0 Å². The van der Waals surface area contributed by atoms with Crippen LogP contribution in [0.2, 0.25) is 0 Å². The minimum atomic E-state index is -0.109. The zero-order valence-corrected chi connectivity index (χ0v) is 11.3. The van der Waals surface area contributed by atoms with Crippen molar-refractivity contribution in [2.75, 3.05) is 7.11 Å². The molecule has 0 amide bonds. The highest BCUT2D eigenvalue weighted by molar-refractivity contribution is 5.76. The molecule has 0 N–H and O–H groups in total. The Kier molecular flexibility index (Phi) is 4.02. The number of carbonyl (C=O) groups excluding carboxylic acids is 1. The molecule has 0 saturated carbocycles. The smallest absolute Gasteiger partial charge is 0.323 e. The maximum atomic E-state index is 11.8. The van der Waals surface area contributed by atoms with Crippen LogP contribution in [-0.2, 0) is 9.53 Å². The number of hydrogen-bond acceptors (Lipinski definition) is 3. The van der Waals surface area contributed by atoms with Crippen LogP contribution < -0.4 is 0 Å². The molecule has 3 atom stereocenters. The molecular weight excluding hydrogens is 226 g/mol. The van der Waals surface area contributed by atoms with Gasteiger partial charge in [0.25, 0.3) is 0 Å². The lowest BCUT2D eigenvalue weighted by Gasteiger charge is -2.33. The number of likely N-dealkylation sites (tertiary alicyclic amines) is 1. The third-order valence-corrected chi connectivity index (χ3v) is 3.93. The molecule has 3 heteroatoms. The molecule has 0 aliphatic carbocycles. The lowest BCUT2D eigenvalue weighted by molar-refractivity contribution is -0.147. The molecular formula is C15H21NO2. The van der Waals surface area contributed by atoms with E-state index >= 15 is 0 Å². The van der Waals surface area contributed by atoms with E-state index in [1.807, 2.05) is 18.2 Å². The maximum absolute atomic E-state index is 11.8. The molecule has 1 aromatic rings. The Morgan fingerprint density at radius 3 is 2.61 bits per heavy atom. The maximum Gasteiger partial charge on any atom is 0.323 e. The second kappa shape index (κ2) is 5.53. The fraction of sp³-hybridized carbons (Fsp3) is 0.533. The molecule has 1 heterocycles. The molecule has 1 fully saturated rings. The Labute approximate surface area is 109 Å². The fourth-order valence-corrected chi connectivity index (χ4v) is 2.94. The van der Waals surface area contributed by atoms with E-state index in [1.54, 1.807) is 0 Å². The van der Waals surface area contributed by atoms with E-state index in [4.69, 9.17) is 4.74 Å². The summed E-state index contributed by atoms with van der Waals surface area (Å²) in [5.41, 5.74) is 1.25. The summed E-state index contributed by atoms with van der Waals surface area (Å²) >= 11 is 0. The number of rotatable bonds is 3. The number of carbonyl (C=O) groups is 1. The molecule has 0 spiro atoms. The van der Waals surface area contributed by atoms with E-state index in [2.05, 4.69) is 30.9 Å². The van der Waals surface area contributed by atoms with Crippen molar-refractivity contribution in [2.45, 2.75) is 44.8 Å². The van der Waals surface area contributed by atoms with Crippen LogP contribution in [0.5, 0.6) is 0 Å². The summed E-state index contributed by atoms with van der Waals surface area (Å²) in [6.45, 7) is 4.34. The van der Waals surface area contributed by atoms with Crippen molar-refractivity contribution in [3.8, 4) is 0 Å². The quantitative estimate of drug-likeness (QED) is 0.769. The van der Waals surface area contributed by atoms with Gasteiger partial charge < -0.3 is 4.74 Å². The molecule has 1 aliphatic heterocycles. The van der Waals surface area contributed by atoms with Gasteiger partial charge in [-0.1, -0.05) is 30.3 Å². The van der Waals surface area contributed by atoms with Gasteiger partial charge in [0.2, 0.25) is 0 Å². The molecule has 0 unspecified atom stereocenters. The van der Waals surface area contributed by atoms with Crippen molar-refractivity contribution in [3.63, 3.8) is 0 Å². The second-order valence-electron chi connectivity index (χ2n) is 5.00. The Balaban J connectivity index is 2.21. The number of esters is 1. The van der Waals surface area contributed by atoms with E-state index in [9.17, 15) is 4.79 Å². The van der Waals surface area contributed by atoms with E-state index in [1.165, 1.54) is 12.7 Å². The van der Waals surface area contributed by atoms with Crippen molar-refractivity contribution < 1.29 is 9.53 Å². The van der Waals surface area contributed by atoms with Gasteiger partial charge in [-0.3, -0.25) is 9.69 Å². The molecule has 1 aromatic carbocycles. The van der Waals surface area contributed by atoms with Gasteiger partial charge in [-0.25, -0.2) is 0 Å². The summed E-state index contributed by atoms with van der Waals surface area (Å²) in [5, 5.41) is 0. The van der Waals surface area contributed by atoms with Crippen molar-refractivity contribution in [3.05, 3.63) is 35.9 Å². The number of hydrogen-bond donors (Lipinski definition) is 0. The monoisotopic (exact) mass is 247 g/mol. The van der Waals surface area contributed by atoms with Crippen molar-refractivity contribution >= 4 is 5.97 Å². The van der Waals surface area contributed by atoms with Gasteiger partial charge in [-0.05, 0) is 32.3 Å². The number of nitrogens with zero attached hydrogens (tertiary/aromatic N) is 1. The first-order valence-electron chi connectivity index (χ1n) is 6.55. The first kappa shape index (κ1) is 13.1. The average molecular weight is 247 g/mol. The van der Waals surface area contributed by atoms with Gasteiger partial charge in [-0.2, -0.15) is 0 Å². The molecule has 0 bridgehead atoms. The lowest BCUT2D eigenvalue weighted by Crippen LogP contribution is -2.41. The van der Waals surface area contributed by atoms with Crippen molar-refractivity contribution in [1.29, 1.82) is 0 Å². The van der Waals surface area contributed by atoms with Crippen LogP contribution >= 0.6 is 0 Å². The van der Waals surface area contributed by atoms with E-state index in [-0.39, 0.29) is 18.1 Å². The van der Waals surface area contributed by atoms with Gasteiger partial charge in [0.15, 0.2) is 0 Å². The predicted octanol–water partition coefficient (Wildman–Crippen LogP) is 2.77. The lowest BCUT2D eigenvalue weighted by atomic mass is 10.1. The van der Waals surface area contributed by atoms with E-state index in [0.29, 0.717) is 6.04 Å². The Bertz CT molecular complexity index is 404. The van der Waals surface area contributed by atoms with Crippen LogP contribution in [0.15, 0.2) is 30.3 Å². The standard InChI is InChI=1S/C15H21NO2/c1-11-9-10-14(15(17)18-3)16(11)12(2)13-7-5-4-6-8-13/h4-8,11-12,14H,9-10H2,1-3H3/t11-,12+,14+/m1/s1. The third kappa shape index (κ3) is 2.41. The van der Waals surface area contributed by atoms with Crippen LogP contribution in [0, 0.1) is 0 Å².